The van der Waals surface area contributed by atoms with Gasteiger partial charge in [-0.25, -0.2) is 13.9 Å². The van der Waals surface area contributed by atoms with Gasteiger partial charge in [0.25, 0.3) is 5.91 Å². The van der Waals surface area contributed by atoms with Crippen molar-refractivity contribution in [2.24, 2.45) is 0 Å². The summed E-state index contributed by atoms with van der Waals surface area (Å²) in [7, 11) is 1.73. The Balaban J connectivity index is 1.82. The van der Waals surface area contributed by atoms with E-state index in [9.17, 15) is 9.18 Å². The number of aromatic nitrogens is 3. The minimum Gasteiger partial charge on any atom is -0.335 e. The summed E-state index contributed by atoms with van der Waals surface area (Å²) in [5.74, 6) is -0.465. The zero-order chi connectivity index (χ0) is 20.3. The number of benzene rings is 1. The van der Waals surface area contributed by atoms with E-state index in [1.54, 1.807) is 41.0 Å². The standard InChI is InChI=1S/C21H26FN5O/c1-5-26(6-2)13-16-11-23-20-19(12-24-27(20)14-16)21(28)25(4)15(3)17-7-9-18(22)10-8-17/h7-12,14-15H,5-6,13H2,1-4H3/t15-/m1/s1. The Morgan fingerprint density at radius 2 is 1.86 bits per heavy atom. The molecule has 2 aromatic heterocycles. The lowest BCUT2D eigenvalue weighted by molar-refractivity contribution is 0.0744. The van der Waals surface area contributed by atoms with Gasteiger partial charge in [-0.15, -0.1) is 0 Å². The summed E-state index contributed by atoms with van der Waals surface area (Å²) in [6.07, 6.45) is 5.27. The van der Waals surface area contributed by atoms with Crippen molar-refractivity contribution in [2.75, 3.05) is 20.1 Å². The molecule has 0 unspecified atom stereocenters. The Morgan fingerprint density at radius 1 is 1.18 bits per heavy atom. The Bertz CT molecular complexity index is 949. The molecule has 0 radical (unpaired) electrons. The molecule has 0 spiro atoms. The lowest BCUT2D eigenvalue weighted by Gasteiger charge is -2.25. The molecule has 1 atom stereocenters. The highest BCUT2D eigenvalue weighted by Gasteiger charge is 2.23. The maximum Gasteiger partial charge on any atom is 0.259 e. The lowest BCUT2D eigenvalue weighted by atomic mass is 10.1. The molecule has 2 heterocycles. The van der Waals surface area contributed by atoms with Gasteiger partial charge < -0.3 is 4.90 Å². The molecule has 0 aliphatic carbocycles. The second-order valence-corrected chi connectivity index (χ2v) is 6.89. The molecular weight excluding hydrogens is 357 g/mol. The van der Waals surface area contributed by atoms with Crippen LogP contribution in [0.25, 0.3) is 5.65 Å². The van der Waals surface area contributed by atoms with Crippen molar-refractivity contribution in [2.45, 2.75) is 33.4 Å². The van der Waals surface area contributed by atoms with Gasteiger partial charge >= 0.3 is 0 Å². The van der Waals surface area contributed by atoms with Crippen LogP contribution >= 0.6 is 0 Å². The van der Waals surface area contributed by atoms with Crippen molar-refractivity contribution in [3.05, 3.63) is 65.4 Å². The van der Waals surface area contributed by atoms with Gasteiger partial charge in [-0.2, -0.15) is 5.10 Å². The fraction of sp³-hybridized carbons (Fsp3) is 0.381. The monoisotopic (exact) mass is 383 g/mol. The molecule has 28 heavy (non-hydrogen) atoms. The number of nitrogens with zero attached hydrogens (tertiary/aromatic N) is 5. The van der Waals surface area contributed by atoms with Crippen molar-refractivity contribution in [1.29, 1.82) is 0 Å². The van der Waals surface area contributed by atoms with E-state index in [1.165, 1.54) is 12.1 Å². The van der Waals surface area contributed by atoms with Crippen LogP contribution in [-0.4, -0.2) is 50.4 Å². The number of rotatable bonds is 7. The molecule has 0 saturated heterocycles. The average molecular weight is 383 g/mol. The Hall–Kier alpha value is -2.80. The van der Waals surface area contributed by atoms with Crippen LogP contribution in [0.2, 0.25) is 0 Å². The topological polar surface area (TPSA) is 53.7 Å². The van der Waals surface area contributed by atoms with E-state index < -0.39 is 0 Å². The maximum atomic E-state index is 13.2. The first-order chi connectivity index (χ1) is 13.4. The Labute approximate surface area is 164 Å². The smallest absolute Gasteiger partial charge is 0.259 e. The number of hydrogen-bond acceptors (Lipinski definition) is 4. The molecule has 0 bridgehead atoms. The van der Waals surface area contributed by atoms with Crippen molar-refractivity contribution in [1.82, 2.24) is 24.4 Å². The molecule has 0 N–H and O–H groups in total. The van der Waals surface area contributed by atoms with Gasteiger partial charge in [-0.05, 0) is 37.7 Å². The largest absolute Gasteiger partial charge is 0.335 e. The third-order valence-electron chi connectivity index (χ3n) is 5.19. The average Bonchev–Trinajstić information content (AvgIpc) is 3.14. The second-order valence-electron chi connectivity index (χ2n) is 6.89. The first-order valence-corrected chi connectivity index (χ1v) is 9.51. The molecule has 7 heteroatoms. The predicted octanol–water partition coefficient (Wildman–Crippen LogP) is 3.54. The number of halogens is 1. The first kappa shape index (κ1) is 19.9. The summed E-state index contributed by atoms with van der Waals surface area (Å²) in [6, 6.07) is 5.98. The molecule has 3 aromatic rings. The van der Waals surface area contributed by atoms with Crippen LogP contribution in [0.1, 0.15) is 48.3 Å². The van der Waals surface area contributed by atoms with E-state index >= 15 is 0 Å². The molecular formula is C21H26FN5O. The third kappa shape index (κ3) is 4.04. The van der Waals surface area contributed by atoms with Gasteiger partial charge in [0.05, 0.1) is 12.2 Å². The predicted molar refractivity (Wildman–Crippen MR) is 107 cm³/mol. The first-order valence-electron chi connectivity index (χ1n) is 9.51. The van der Waals surface area contributed by atoms with E-state index in [-0.39, 0.29) is 17.8 Å². The van der Waals surface area contributed by atoms with Gasteiger partial charge in [-0.3, -0.25) is 9.69 Å². The molecule has 1 aromatic carbocycles. The van der Waals surface area contributed by atoms with Crippen LogP contribution < -0.4 is 0 Å². The highest BCUT2D eigenvalue weighted by molar-refractivity contribution is 5.99. The number of fused-ring (bicyclic) bond motifs is 1. The van der Waals surface area contributed by atoms with E-state index in [4.69, 9.17) is 0 Å². The number of carbonyl (C=O) groups is 1. The normalized spacial score (nSPS) is 12.5. The van der Waals surface area contributed by atoms with E-state index in [2.05, 4.69) is 28.8 Å². The summed E-state index contributed by atoms with van der Waals surface area (Å²) < 4.78 is 14.8. The quantitative estimate of drug-likeness (QED) is 0.626. The molecule has 148 valence electrons. The molecule has 3 rings (SSSR count). The minimum absolute atomic E-state index is 0.171. The maximum absolute atomic E-state index is 13.2. The van der Waals surface area contributed by atoms with Crippen molar-refractivity contribution >= 4 is 11.6 Å². The van der Waals surface area contributed by atoms with Crippen LogP contribution in [0.4, 0.5) is 4.39 Å². The minimum atomic E-state index is -0.294. The van der Waals surface area contributed by atoms with Crippen LogP contribution in [0.15, 0.2) is 42.9 Å². The molecule has 0 aliphatic rings. The van der Waals surface area contributed by atoms with Crippen LogP contribution in [0.3, 0.4) is 0 Å². The third-order valence-corrected chi connectivity index (χ3v) is 5.19. The number of hydrogen-bond donors (Lipinski definition) is 0. The fourth-order valence-corrected chi connectivity index (χ4v) is 3.18. The molecule has 0 saturated carbocycles. The van der Waals surface area contributed by atoms with Gasteiger partial charge in [0.15, 0.2) is 5.65 Å². The van der Waals surface area contributed by atoms with Gasteiger partial charge in [0.1, 0.15) is 11.4 Å². The van der Waals surface area contributed by atoms with E-state index in [1.807, 2.05) is 13.1 Å². The van der Waals surface area contributed by atoms with Crippen molar-refractivity contribution < 1.29 is 9.18 Å². The summed E-state index contributed by atoms with van der Waals surface area (Å²) >= 11 is 0. The Kier molecular flexibility index (Phi) is 6.04. The summed E-state index contributed by atoms with van der Waals surface area (Å²) in [5, 5.41) is 4.32. The van der Waals surface area contributed by atoms with Crippen LogP contribution in [-0.2, 0) is 6.54 Å². The highest BCUT2D eigenvalue weighted by atomic mass is 19.1. The van der Waals surface area contributed by atoms with Gasteiger partial charge in [0.2, 0.25) is 0 Å². The molecule has 6 nitrogen and oxygen atoms in total. The Morgan fingerprint density at radius 3 is 2.50 bits per heavy atom. The molecule has 0 fully saturated rings. The van der Waals surface area contributed by atoms with E-state index in [0.29, 0.717) is 11.2 Å². The number of amides is 1. The molecule has 0 aliphatic heterocycles. The van der Waals surface area contributed by atoms with Gasteiger partial charge in [-0.1, -0.05) is 26.0 Å². The van der Waals surface area contributed by atoms with Crippen LogP contribution in [0.5, 0.6) is 0 Å². The summed E-state index contributed by atoms with van der Waals surface area (Å²) in [5.41, 5.74) is 2.90. The highest BCUT2D eigenvalue weighted by Crippen LogP contribution is 2.22. The summed E-state index contributed by atoms with van der Waals surface area (Å²) in [6.45, 7) is 8.87. The zero-order valence-corrected chi connectivity index (χ0v) is 16.8. The van der Waals surface area contributed by atoms with E-state index in [0.717, 1.165) is 30.8 Å². The second kappa shape index (κ2) is 8.48. The van der Waals surface area contributed by atoms with Gasteiger partial charge in [0, 0.05) is 31.5 Å². The van der Waals surface area contributed by atoms with Crippen molar-refractivity contribution in [3.63, 3.8) is 0 Å². The van der Waals surface area contributed by atoms with Crippen LogP contribution in [0, 0.1) is 5.82 Å². The number of carbonyl (C=O) groups excluding carboxylic acids is 1. The fourth-order valence-electron chi connectivity index (χ4n) is 3.18. The summed E-state index contributed by atoms with van der Waals surface area (Å²) in [4.78, 5) is 21.4. The lowest BCUT2D eigenvalue weighted by Crippen LogP contribution is -2.29. The SMILES string of the molecule is CCN(CC)Cc1cnc2c(C(=O)N(C)[C@H](C)c3ccc(F)cc3)cnn2c1. The molecule has 1 amide bonds. The zero-order valence-electron chi connectivity index (χ0n) is 16.8. The van der Waals surface area contributed by atoms with Crippen molar-refractivity contribution in [3.8, 4) is 0 Å².